The first-order valence-electron chi connectivity index (χ1n) is 8.43. The van der Waals surface area contributed by atoms with Crippen LogP contribution in [0, 0.1) is 0 Å². The molecule has 2 N–H and O–H groups in total. The van der Waals surface area contributed by atoms with Gasteiger partial charge in [-0.15, -0.1) is 0 Å². The van der Waals surface area contributed by atoms with Gasteiger partial charge in [0.25, 0.3) is 0 Å². The molecule has 0 fully saturated rings. The second kappa shape index (κ2) is 7.49. The average molecular weight is 338 g/mol. The highest BCUT2D eigenvalue weighted by Gasteiger charge is 2.01. The second-order valence-electron chi connectivity index (χ2n) is 5.83. The first-order valence-corrected chi connectivity index (χ1v) is 8.43. The summed E-state index contributed by atoms with van der Waals surface area (Å²) < 4.78 is 0. The summed E-state index contributed by atoms with van der Waals surface area (Å²) in [5.74, 6) is 1.68. The Kier molecular flexibility index (Phi) is 4.56. The molecule has 4 rings (SSSR count). The lowest BCUT2D eigenvalue weighted by Gasteiger charge is -2.08. The van der Waals surface area contributed by atoms with Crippen molar-refractivity contribution in [2.45, 2.75) is 0 Å². The quantitative estimate of drug-likeness (QED) is 0.495. The second-order valence-corrected chi connectivity index (χ2v) is 5.83. The molecule has 0 saturated heterocycles. The molecule has 0 saturated carbocycles. The molecule has 0 atom stereocenters. The van der Waals surface area contributed by atoms with E-state index >= 15 is 0 Å². The molecule has 4 nitrogen and oxygen atoms in total. The van der Waals surface area contributed by atoms with E-state index in [1.54, 1.807) is 12.4 Å². The van der Waals surface area contributed by atoms with Crippen LogP contribution in [0.5, 0.6) is 0 Å². The maximum atomic E-state index is 4.28. The lowest BCUT2D eigenvalue weighted by Crippen LogP contribution is -1.93. The van der Waals surface area contributed by atoms with E-state index in [0.29, 0.717) is 0 Å². The molecule has 0 aliphatic heterocycles. The van der Waals surface area contributed by atoms with Crippen LogP contribution in [0.2, 0.25) is 0 Å². The highest BCUT2D eigenvalue weighted by atomic mass is 15.0. The Morgan fingerprint density at radius 2 is 0.885 bits per heavy atom. The first kappa shape index (κ1) is 15.8. The van der Waals surface area contributed by atoms with Crippen molar-refractivity contribution in [3.63, 3.8) is 0 Å². The number of benzene rings is 2. The van der Waals surface area contributed by atoms with E-state index < -0.39 is 0 Å². The van der Waals surface area contributed by atoms with Crippen molar-refractivity contribution in [1.82, 2.24) is 9.97 Å². The Morgan fingerprint density at radius 1 is 0.462 bits per heavy atom. The molecule has 2 aromatic heterocycles. The van der Waals surface area contributed by atoms with Crippen LogP contribution in [0.3, 0.4) is 0 Å². The fourth-order valence-electron chi connectivity index (χ4n) is 2.66. The monoisotopic (exact) mass is 338 g/mol. The largest absolute Gasteiger partial charge is 0.340 e. The highest BCUT2D eigenvalue weighted by Crippen LogP contribution is 2.25. The summed E-state index contributed by atoms with van der Waals surface area (Å²) in [4.78, 5) is 8.55. The van der Waals surface area contributed by atoms with Gasteiger partial charge in [0.15, 0.2) is 0 Å². The highest BCUT2D eigenvalue weighted by molar-refractivity contribution is 5.70. The summed E-state index contributed by atoms with van der Waals surface area (Å²) in [5, 5.41) is 6.58. The molecule has 0 aliphatic carbocycles. The minimum atomic E-state index is 0.838. The molecule has 0 amide bonds. The van der Waals surface area contributed by atoms with Gasteiger partial charge in [-0.2, -0.15) is 0 Å². The van der Waals surface area contributed by atoms with Gasteiger partial charge in [0.05, 0.1) is 0 Å². The molecule has 0 aliphatic rings. The van der Waals surface area contributed by atoms with Crippen molar-refractivity contribution < 1.29 is 0 Å². The molecule has 0 bridgehead atoms. The van der Waals surface area contributed by atoms with Gasteiger partial charge < -0.3 is 10.6 Å². The Labute approximate surface area is 152 Å². The smallest absolute Gasteiger partial charge is 0.130 e. The van der Waals surface area contributed by atoms with Crippen molar-refractivity contribution >= 4 is 23.0 Å². The normalized spacial score (nSPS) is 10.3. The lowest BCUT2D eigenvalue weighted by atomic mass is 10.0. The summed E-state index contributed by atoms with van der Waals surface area (Å²) >= 11 is 0. The zero-order chi connectivity index (χ0) is 17.6. The van der Waals surface area contributed by atoms with Crippen molar-refractivity contribution in [2.24, 2.45) is 0 Å². The fourth-order valence-corrected chi connectivity index (χ4v) is 2.66. The van der Waals surface area contributed by atoms with Crippen LogP contribution >= 0.6 is 0 Å². The standard InChI is InChI=1S/C22H18N4/c1-3-15-23-21(5-1)25-19-11-7-17(8-12-19)18-9-13-20(14-10-18)26-22-6-2-4-16-24-22/h1-16H,(H,23,25)(H,24,26). The van der Waals surface area contributed by atoms with Crippen molar-refractivity contribution in [3.05, 3.63) is 97.3 Å². The molecule has 4 heteroatoms. The van der Waals surface area contributed by atoms with Crippen LogP contribution in [0.15, 0.2) is 97.3 Å². The van der Waals surface area contributed by atoms with E-state index in [0.717, 1.165) is 23.0 Å². The van der Waals surface area contributed by atoms with E-state index in [4.69, 9.17) is 0 Å². The first-order chi connectivity index (χ1) is 12.9. The van der Waals surface area contributed by atoms with Gasteiger partial charge in [0.2, 0.25) is 0 Å². The SMILES string of the molecule is c1ccc(Nc2ccc(-c3ccc(Nc4ccccn4)cc3)cc2)nc1. The van der Waals surface area contributed by atoms with Gasteiger partial charge in [-0.1, -0.05) is 36.4 Å². The fraction of sp³-hybridized carbons (Fsp3) is 0. The van der Waals surface area contributed by atoms with Crippen molar-refractivity contribution in [2.75, 3.05) is 10.6 Å². The number of hydrogen-bond acceptors (Lipinski definition) is 4. The predicted molar refractivity (Wildman–Crippen MR) is 107 cm³/mol. The molecule has 0 unspecified atom stereocenters. The zero-order valence-electron chi connectivity index (χ0n) is 14.1. The predicted octanol–water partition coefficient (Wildman–Crippen LogP) is 5.63. The minimum absolute atomic E-state index is 0.838. The van der Waals surface area contributed by atoms with E-state index in [1.807, 2.05) is 36.4 Å². The molecule has 0 spiro atoms. The molecule has 2 aromatic carbocycles. The third kappa shape index (κ3) is 3.87. The molecular weight excluding hydrogens is 320 g/mol. The number of aromatic nitrogens is 2. The number of hydrogen-bond donors (Lipinski definition) is 2. The van der Waals surface area contributed by atoms with Crippen LogP contribution in [0.4, 0.5) is 23.0 Å². The van der Waals surface area contributed by atoms with E-state index in [1.165, 1.54) is 11.1 Å². The van der Waals surface area contributed by atoms with Crippen molar-refractivity contribution in [1.29, 1.82) is 0 Å². The summed E-state index contributed by atoms with van der Waals surface area (Å²) in [6.07, 6.45) is 3.55. The maximum Gasteiger partial charge on any atom is 0.130 e. The maximum absolute atomic E-state index is 4.28. The average Bonchev–Trinajstić information content (AvgIpc) is 2.71. The van der Waals surface area contributed by atoms with Crippen LogP contribution < -0.4 is 10.6 Å². The van der Waals surface area contributed by atoms with Gasteiger partial charge in [-0.3, -0.25) is 0 Å². The number of rotatable bonds is 5. The molecule has 26 heavy (non-hydrogen) atoms. The van der Waals surface area contributed by atoms with Gasteiger partial charge in [-0.05, 0) is 59.7 Å². The third-order valence-corrected chi connectivity index (χ3v) is 3.98. The number of nitrogens with one attached hydrogen (secondary N) is 2. The molecule has 126 valence electrons. The minimum Gasteiger partial charge on any atom is -0.340 e. The Morgan fingerprint density at radius 3 is 1.23 bits per heavy atom. The molecule has 4 aromatic rings. The van der Waals surface area contributed by atoms with E-state index in [9.17, 15) is 0 Å². The lowest BCUT2D eigenvalue weighted by molar-refractivity contribution is 1.31. The van der Waals surface area contributed by atoms with E-state index in [-0.39, 0.29) is 0 Å². The van der Waals surface area contributed by atoms with Crippen LogP contribution in [-0.2, 0) is 0 Å². The number of anilines is 4. The Hall–Kier alpha value is -3.66. The summed E-state index contributed by atoms with van der Waals surface area (Å²) in [7, 11) is 0. The number of pyridine rings is 2. The summed E-state index contributed by atoms with van der Waals surface area (Å²) in [5.41, 5.74) is 4.36. The topological polar surface area (TPSA) is 49.8 Å². The summed E-state index contributed by atoms with van der Waals surface area (Å²) in [6.45, 7) is 0. The summed E-state index contributed by atoms with van der Waals surface area (Å²) in [6, 6.07) is 28.3. The van der Waals surface area contributed by atoms with Crippen molar-refractivity contribution in [3.8, 4) is 11.1 Å². The van der Waals surface area contributed by atoms with Gasteiger partial charge in [-0.25, -0.2) is 9.97 Å². The van der Waals surface area contributed by atoms with Gasteiger partial charge in [0.1, 0.15) is 11.6 Å². The van der Waals surface area contributed by atoms with E-state index in [2.05, 4.69) is 69.1 Å². The Bertz CT molecular complexity index is 867. The molecule has 2 heterocycles. The van der Waals surface area contributed by atoms with Crippen LogP contribution in [0.1, 0.15) is 0 Å². The molecule has 0 radical (unpaired) electrons. The van der Waals surface area contributed by atoms with Gasteiger partial charge >= 0.3 is 0 Å². The van der Waals surface area contributed by atoms with Crippen LogP contribution in [-0.4, -0.2) is 9.97 Å². The molecular formula is C22H18N4. The van der Waals surface area contributed by atoms with Gasteiger partial charge in [0, 0.05) is 23.8 Å². The van der Waals surface area contributed by atoms with Crippen LogP contribution in [0.25, 0.3) is 11.1 Å². The third-order valence-electron chi connectivity index (χ3n) is 3.98. The Balaban J connectivity index is 1.45. The zero-order valence-corrected chi connectivity index (χ0v) is 14.1. The number of nitrogens with zero attached hydrogens (tertiary/aromatic N) is 2.